The molecule has 0 aromatic carbocycles. The maximum atomic E-state index is 10.8. The summed E-state index contributed by atoms with van der Waals surface area (Å²) in [6, 6.07) is 0. The van der Waals surface area contributed by atoms with Crippen molar-refractivity contribution < 1.29 is 9.90 Å². The van der Waals surface area contributed by atoms with Crippen LogP contribution in [0.25, 0.3) is 11.0 Å². The van der Waals surface area contributed by atoms with Crippen molar-refractivity contribution >= 4 is 28.7 Å². The van der Waals surface area contributed by atoms with Crippen LogP contribution in [0.5, 0.6) is 0 Å². The fraction of sp³-hybridized carbons (Fsp3) is 0.300. The second-order valence-electron chi connectivity index (χ2n) is 4.01. The molecule has 98 valence electrons. The second kappa shape index (κ2) is 4.19. The molecule has 3 rings (SSSR count). The second-order valence-corrected chi connectivity index (χ2v) is 4.01. The van der Waals surface area contributed by atoms with Gasteiger partial charge in [0.25, 0.3) is 0 Å². The number of aliphatic carboxylic acids is 1. The van der Waals surface area contributed by atoms with Crippen molar-refractivity contribution in [2.75, 3.05) is 18.8 Å². The number of anilines is 1. The molecule has 0 saturated heterocycles. The highest BCUT2D eigenvalue weighted by Gasteiger charge is 2.21. The zero-order valence-electron chi connectivity index (χ0n) is 9.87. The normalized spacial score (nSPS) is 14.4. The van der Waals surface area contributed by atoms with Gasteiger partial charge in [0.15, 0.2) is 5.65 Å². The Balaban J connectivity index is 2.23. The van der Waals surface area contributed by atoms with Gasteiger partial charge in [-0.1, -0.05) is 0 Å². The largest absolute Gasteiger partial charge is 0.480 e. The first-order chi connectivity index (χ1) is 9.16. The van der Waals surface area contributed by atoms with Gasteiger partial charge in [0.05, 0.1) is 11.9 Å². The fourth-order valence-corrected chi connectivity index (χ4v) is 1.99. The molecule has 2 aromatic rings. The summed E-state index contributed by atoms with van der Waals surface area (Å²) in [5.41, 5.74) is 6.72. The maximum absolute atomic E-state index is 10.8. The molecule has 0 unspecified atom stereocenters. The van der Waals surface area contributed by atoms with Gasteiger partial charge in [-0.15, -0.1) is 0 Å². The van der Waals surface area contributed by atoms with E-state index in [1.807, 2.05) is 0 Å². The predicted octanol–water partition coefficient (Wildman–Crippen LogP) is -1.16. The van der Waals surface area contributed by atoms with Gasteiger partial charge in [0.1, 0.15) is 30.2 Å². The van der Waals surface area contributed by atoms with Crippen LogP contribution in [0.15, 0.2) is 11.3 Å². The van der Waals surface area contributed by atoms with Crippen molar-refractivity contribution in [1.82, 2.24) is 25.1 Å². The Morgan fingerprint density at radius 3 is 3.05 bits per heavy atom. The molecule has 0 atom stereocenters. The Morgan fingerprint density at radius 1 is 1.53 bits per heavy atom. The highest BCUT2D eigenvalue weighted by atomic mass is 16.4. The smallest absolute Gasteiger partial charge is 0.325 e. The number of nitrogen functional groups attached to an aromatic ring is 1. The van der Waals surface area contributed by atoms with E-state index in [-0.39, 0.29) is 12.4 Å². The van der Waals surface area contributed by atoms with Crippen molar-refractivity contribution in [2.24, 2.45) is 4.99 Å². The number of rotatable bonds is 3. The number of fused-ring (bicyclic) bond motifs is 1. The van der Waals surface area contributed by atoms with Crippen molar-refractivity contribution in [3.63, 3.8) is 0 Å². The Kier molecular flexibility index (Phi) is 2.51. The predicted molar refractivity (Wildman–Crippen MR) is 66.8 cm³/mol. The van der Waals surface area contributed by atoms with Crippen LogP contribution in [-0.4, -0.2) is 49.7 Å². The third-order valence-electron chi connectivity index (χ3n) is 2.74. The number of hydrogen-bond donors (Lipinski definition) is 3. The lowest BCUT2D eigenvalue weighted by Crippen LogP contribution is -2.21. The highest BCUT2D eigenvalue weighted by Crippen LogP contribution is 2.22. The minimum Gasteiger partial charge on any atom is -0.480 e. The summed E-state index contributed by atoms with van der Waals surface area (Å²) in [6.45, 7) is 1.08. The van der Waals surface area contributed by atoms with Crippen LogP contribution in [0.1, 0.15) is 5.69 Å². The van der Waals surface area contributed by atoms with Crippen molar-refractivity contribution in [2.45, 2.75) is 6.54 Å². The van der Waals surface area contributed by atoms with Crippen LogP contribution in [0.2, 0.25) is 0 Å². The van der Waals surface area contributed by atoms with E-state index in [2.05, 4.69) is 25.4 Å². The number of hydrogen-bond acceptors (Lipinski definition) is 7. The molecule has 9 nitrogen and oxygen atoms in total. The van der Waals surface area contributed by atoms with Gasteiger partial charge in [-0.05, 0) is 0 Å². The molecule has 9 heteroatoms. The molecule has 0 fully saturated rings. The average Bonchev–Trinajstić information content (AvgIpc) is 2.97. The van der Waals surface area contributed by atoms with Crippen LogP contribution < -0.4 is 11.1 Å². The summed E-state index contributed by atoms with van der Waals surface area (Å²) in [7, 11) is 0. The highest BCUT2D eigenvalue weighted by molar-refractivity contribution is 6.10. The van der Waals surface area contributed by atoms with Gasteiger partial charge in [-0.25, -0.2) is 14.6 Å². The summed E-state index contributed by atoms with van der Waals surface area (Å²) in [4.78, 5) is 23.1. The lowest BCUT2D eigenvalue weighted by atomic mass is 10.2. The van der Waals surface area contributed by atoms with Crippen LogP contribution >= 0.6 is 0 Å². The summed E-state index contributed by atoms with van der Waals surface area (Å²) < 4.78 is 1.29. The maximum Gasteiger partial charge on any atom is 0.325 e. The molecule has 3 heterocycles. The third-order valence-corrected chi connectivity index (χ3v) is 2.74. The Hall–Kier alpha value is -2.71. The number of carbonyl (C=O) groups is 1. The molecule has 0 spiro atoms. The fourth-order valence-electron chi connectivity index (χ4n) is 1.99. The number of nitrogens with two attached hydrogens (primary N) is 1. The molecule has 19 heavy (non-hydrogen) atoms. The first-order valence-electron chi connectivity index (χ1n) is 5.64. The molecular weight excluding hydrogens is 250 g/mol. The van der Waals surface area contributed by atoms with Gasteiger partial charge < -0.3 is 16.2 Å². The molecular formula is C10H11N7O2. The molecule has 0 aliphatic carbocycles. The Morgan fingerprint density at radius 2 is 2.37 bits per heavy atom. The lowest BCUT2D eigenvalue weighted by molar-refractivity contribution is -0.137. The minimum atomic E-state index is -1.01. The number of nitrogens with one attached hydrogen (secondary N) is 1. The van der Waals surface area contributed by atoms with E-state index in [9.17, 15) is 4.79 Å². The van der Waals surface area contributed by atoms with Crippen LogP contribution in [0, 0.1) is 0 Å². The average molecular weight is 261 g/mol. The minimum absolute atomic E-state index is 0.257. The summed E-state index contributed by atoms with van der Waals surface area (Å²) >= 11 is 0. The lowest BCUT2D eigenvalue weighted by Gasteiger charge is -1.99. The van der Waals surface area contributed by atoms with Crippen LogP contribution in [0.3, 0.4) is 0 Å². The van der Waals surface area contributed by atoms with Gasteiger partial charge >= 0.3 is 5.97 Å². The summed E-state index contributed by atoms with van der Waals surface area (Å²) in [6.07, 6.45) is 1.28. The van der Waals surface area contributed by atoms with E-state index in [0.29, 0.717) is 29.1 Å². The molecule has 0 bridgehead atoms. The number of nitrogens with zero attached hydrogens (tertiary/aromatic N) is 5. The van der Waals surface area contributed by atoms with Crippen molar-refractivity contribution in [1.29, 1.82) is 0 Å². The molecule has 0 amide bonds. The van der Waals surface area contributed by atoms with E-state index >= 15 is 0 Å². The van der Waals surface area contributed by atoms with Crippen molar-refractivity contribution in [3.8, 4) is 0 Å². The first kappa shape index (κ1) is 11.4. The number of carboxylic acid groups (broad SMARTS) is 1. The standard InChI is InChI=1S/C10H11N7O2/c11-8-6-7(9-12-1-2-13-9)16-17(3-5(18)19)10(6)15-4-14-8/h4H,1-3H2,(H,12,13)(H,18,19)(H2,11,14,15). The Bertz CT molecular complexity index is 690. The van der Waals surface area contributed by atoms with Crippen molar-refractivity contribution in [3.05, 3.63) is 12.0 Å². The molecule has 2 aromatic heterocycles. The van der Waals surface area contributed by atoms with Gasteiger partial charge in [0, 0.05) is 6.54 Å². The topological polar surface area (TPSA) is 131 Å². The van der Waals surface area contributed by atoms with Gasteiger partial charge in [0.2, 0.25) is 0 Å². The van der Waals surface area contributed by atoms with Gasteiger partial charge in [-0.2, -0.15) is 5.10 Å². The number of aliphatic imine (C=N–C) groups is 1. The quantitative estimate of drug-likeness (QED) is 0.635. The van der Waals surface area contributed by atoms with Gasteiger partial charge in [-0.3, -0.25) is 9.79 Å². The molecule has 4 N–H and O–H groups in total. The van der Waals surface area contributed by atoms with E-state index < -0.39 is 5.97 Å². The molecule has 0 radical (unpaired) electrons. The van der Waals surface area contributed by atoms with E-state index in [0.717, 1.165) is 6.54 Å². The number of amidine groups is 1. The third kappa shape index (κ3) is 1.84. The van der Waals surface area contributed by atoms with Crippen LogP contribution in [0.4, 0.5) is 5.82 Å². The summed E-state index contributed by atoms with van der Waals surface area (Å²) in [5, 5.41) is 16.7. The SMILES string of the molecule is Nc1ncnc2c1c(C1=NCCN1)nn2CC(=O)O. The molecule has 1 aliphatic rings. The van der Waals surface area contributed by atoms with E-state index in [1.165, 1.54) is 11.0 Å². The zero-order valence-corrected chi connectivity index (χ0v) is 9.87. The first-order valence-corrected chi connectivity index (χ1v) is 5.64. The zero-order chi connectivity index (χ0) is 13.4. The number of carboxylic acids is 1. The molecule has 1 aliphatic heterocycles. The molecule has 0 saturated carbocycles. The van der Waals surface area contributed by atoms with E-state index in [1.54, 1.807) is 0 Å². The number of aromatic nitrogens is 4. The Labute approximate surface area is 107 Å². The monoisotopic (exact) mass is 261 g/mol. The van der Waals surface area contributed by atoms with Crippen LogP contribution in [-0.2, 0) is 11.3 Å². The summed E-state index contributed by atoms with van der Waals surface area (Å²) in [5.74, 6) is -0.155. The van der Waals surface area contributed by atoms with E-state index in [4.69, 9.17) is 10.8 Å².